The lowest BCUT2D eigenvalue weighted by molar-refractivity contribution is -0.137. The number of nitrogens with two attached hydrogens (primary N) is 1. The molecule has 1 aromatic heterocycles. The Kier molecular flexibility index (Phi) is 3.88. The number of amides is 1. The summed E-state index contributed by atoms with van der Waals surface area (Å²) in [4.78, 5) is 16.3. The number of anilines is 2. The fraction of sp³-hybridized carbons (Fsp3) is 0.125. The van der Waals surface area contributed by atoms with E-state index in [1.807, 2.05) is 0 Å². The number of halogens is 3. The van der Waals surface area contributed by atoms with Gasteiger partial charge >= 0.3 is 6.18 Å². The standard InChI is InChI=1S/C16H13F3N4O/c17-16(18,19)10-3-1-4-11(7-10)22-14(24)8-23-9-21-13-6-2-5-12(20)15(13)23/h1-7,9H,8,20H2,(H,22,24). The Bertz CT molecular complexity index is 902. The maximum absolute atomic E-state index is 12.7. The molecule has 1 amide bonds. The Morgan fingerprint density at radius 1 is 1.21 bits per heavy atom. The molecule has 0 saturated heterocycles. The SMILES string of the molecule is Nc1cccc2ncn(CC(=O)Nc3cccc(C(F)(F)F)c3)c12. The van der Waals surface area contributed by atoms with Gasteiger partial charge in [-0.15, -0.1) is 0 Å². The molecule has 3 rings (SSSR count). The molecule has 0 radical (unpaired) electrons. The highest BCUT2D eigenvalue weighted by molar-refractivity contribution is 5.93. The third-order valence-electron chi connectivity index (χ3n) is 3.46. The number of carbonyl (C=O) groups excluding carboxylic acids is 1. The molecular weight excluding hydrogens is 321 g/mol. The van der Waals surface area contributed by atoms with Crippen molar-refractivity contribution >= 4 is 28.3 Å². The van der Waals surface area contributed by atoms with Crippen molar-refractivity contribution < 1.29 is 18.0 Å². The number of nitrogen functional groups attached to an aromatic ring is 1. The summed E-state index contributed by atoms with van der Waals surface area (Å²) >= 11 is 0. The maximum Gasteiger partial charge on any atom is 0.416 e. The van der Waals surface area contributed by atoms with E-state index >= 15 is 0 Å². The van der Waals surface area contributed by atoms with Crippen molar-refractivity contribution in [2.75, 3.05) is 11.1 Å². The van der Waals surface area contributed by atoms with Gasteiger partial charge in [0, 0.05) is 5.69 Å². The predicted molar refractivity (Wildman–Crippen MR) is 84.2 cm³/mol. The average molecular weight is 334 g/mol. The van der Waals surface area contributed by atoms with Crippen LogP contribution in [0.15, 0.2) is 48.8 Å². The van der Waals surface area contributed by atoms with Gasteiger partial charge in [0.05, 0.1) is 28.6 Å². The Balaban J connectivity index is 1.78. The van der Waals surface area contributed by atoms with E-state index < -0.39 is 17.6 Å². The number of nitrogens with zero attached hydrogens (tertiary/aromatic N) is 2. The number of imidazole rings is 1. The second kappa shape index (κ2) is 5.88. The summed E-state index contributed by atoms with van der Waals surface area (Å²) in [6.45, 7) is -0.110. The molecule has 0 aliphatic carbocycles. The van der Waals surface area contributed by atoms with E-state index in [0.717, 1.165) is 12.1 Å². The lowest BCUT2D eigenvalue weighted by Crippen LogP contribution is -2.19. The second-order valence-electron chi connectivity index (χ2n) is 5.21. The van der Waals surface area contributed by atoms with Crippen LogP contribution in [-0.2, 0) is 17.5 Å². The molecule has 24 heavy (non-hydrogen) atoms. The van der Waals surface area contributed by atoms with Crippen LogP contribution in [0, 0.1) is 0 Å². The zero-order valence-corrected chi connectivity index (χ0v) is 12.3. The summed E-state index contributed by atoms with van der Waals surface area (Å²) in [6.07, 6.45) is -3.00. The van der Waals surface area contributed by atoms with E-state index in [0.29, 0.717) is 16.7 Å². The lowest BCUT2D eigenvalue weighted by atomic mass is 10.2. The summed E-state index contributed by atoms with van der Waals surface area (Å²) in [6, 6.07) is 9.66. The Labute approximate surface area is 134 Å². The van der Waals surface area contributed by atoms with E-state index in [9.17, 15) is 18.0 Å². The first-order valence-corrected chi connectivity index (χ1v) is 7.01. The Morgan fingerprint density at radius 3 is 2.71 bits per heavy atom. The summed E-state index contributed by atoms with van der Waals surface area (Å²) < 4.78 is 39.6. The van der Waals surface area contributed by atoms with Crippen LogP contribution in [0.4, 0.5) is 24.5 Å². The van der Waals surface area contributed by atoms with Crippen molar-refractivity contribution in [1.29, 1.82) is 0 Å². The van der Waals surface area contributed by atoms with Crippen LogP contribution >= 0.6 is 0 Å². The van der Waals surface area contributed by atoms with E-state index in [1.165, 1.54) is 18.5 Å². The van der Waals surface area contributed by atoms with Gasteiger partial charge in [0.25, 0.3) is 0 Å². The number of alkyl halides is 3. The molecule has 1 heterocycles. The Hall–Kier alpha value is -3.03. The fourth-order valence-corrected chi connectivity index (χ4v) is 2.40. The largest absolute Gasteiger partial charge is 0.416 e. The van der Waals surface area contributed by atoms with E-state index in [-0.39, 0.29) is 12.2 Å². The van der Waals surface area contributed by atoms with Crippen LogP contribution in [-0.4, -0.2) is 15.5 Å². The molecule has 0 atom stereocenters. The quantitative estimate of drug-likeness (QED) is 0.722. The fourth-order valence-electron chi connectivity index (χ4n) is 2.40. The minimum atomic E-state index is -4.46. The van der Waals surface area contributed by atoms with Crippen LogP contribution in [0.3, 0.4) is 0 Å². The van der Waals surface area contributed by atoms with E-state index in [2.05, 4.69) is 10.3 Å². The van der Waals surface area contributed by atoms with E-state index in [1.54, 1.807) is 22.8 Å². The van der Waals surface area contributed by atoms with Crippen molar-refractivity contribution in [3.05, 3.63) is 54.4 Å². The summed E-state index contributed by atoms with van der Waals surface area (Å²) in [5.74, 6) is -0.475. The van der Waals surface area contributed by atoms with Crippen LogP contribution in [0.2, 0.25) is 0 Å². The number of carbonyl (C=O) groups is 1. The van der Waals surface area contributed by atoms with Gasteiger partial charge in [0.2, 0.25) is 5.91 Å². The number of hydrogen-bond acceptors (Lipinski definition) is 3. The summed E-state index contributed by atoms with van der Waals surface area (Å²) in [7, 11) is 0. The van der Waals surface area contributed by atoms with Gasteiger partial charge in [-0.1, -0.05) is 12.1 Å². The van der Waals surface area contributed by atoms with Gasteiger partial charge in [-0.05, 0) is 30.3 Å². The van der Waals surface area contributed by atoms with Crippen molar-refractivity contribution in [3.8, 4) is 0 Å². The van der Waals surface area contributed by atoms with Crippen LogP contribution in [0.1, 0.15) is 5.56 Å². The molecule has 3 aromatic rings. The molecule has 0 aliphatic heterocycles. The highest BCUT2D eigenvalue weighted by Crippen LogP contribution is 2.30. The normalized spacial score (nSPS) is 11.6. The molecule has 8 heteroatoms. The number of fused-ring (bicyclic) bond motifs is 1. The van der Waals surface area contributed by atoms with Crippen molar-refractivity contribution in [1.82, 2.24) is 9.55 Å². The first-order valence-electron chi connectivity index (χ1n) is 7.01. The molecule has 0 unspecified atom stereocenters. The number of aromatic nitrogens is 2. The molecule has 3 N–H and O–H groups in total. The third-order valence-corrected chi connectivity index (χ3v) is 3.46. The first-order chi connectivity index (χ1) is 11.3. The van der Waals surface area contributed by atoms with Gasteiger partial charge < -0.3 is 15.6 Å². The predicted octanol–water partition coefficient (Wildman–Crippen LogP) is 3.28. The molecular formula is C16H13F3N4O. The number of hydrogen-bond donors (Lipinski definition) is 2. The van der Waals surface area contributed by atoms with Gasteiger partial charge in [-0.2, -0.15) is 13.2 Å². The topological polar surface area (TPSA) is 72.9 Å². The van der Waals surface area contributed by atoms with Gasteiger partial charge in [0.1, 0.15) is 6.54 Å². The number of para-hydroxylation sites is 1. The zero-order chi connectivity index (χ0) is 17.3. The summed E-state index contributed by atoms with van der Waals surface area (Å²) in [5.41, 5.74) is 6.85. The highest BCUT2D eigenvalue weighted by atomic mass is 19.4. The van der Waals surface area contributed by atoms with Crippen molar-refractivity contribution in [2.24, 2.45) is 0 Å². The molecule has 0 aliphatic rings. The zero-order valence-electron chi connectivity index (χ0n) is 12.3. The number of nitrogens with one attached hydrogen (secondary N) is 1. The third kappa shape index (κ3) is 3.17. The first kappa shape index (κ1) is 15.9. The molecule has 5 nitrogen and oxygen atoms in total. The Morgan fingerprint density at radius 2 is 1.96 bits per heavy atom. The number of rotatable bonds is 3. The molecule has 124 valence electrons. The van der Waals surface area contributed by atoms with Crippen LogP contribution in [0.25, 0.3) is 11.0 Å². The van der Waals surface area contributed by atoms with Crippen molar-refractivity contribution in [2.45, 2.75) is 12.7 Å². The second-order valence-corrected chi connectivity index (χ2v) is 5.21. The smallest absolute Gasteiger partial charge is 0.397 e. The highest BCUT2D eigenvalue weighted by Gasteiger charge is 2.30. The molecule has 2 aromatic carbocycles. The molecule has 0 fully saturated rings. The number of benzene rings is 2. The van der Waals surface area contributed by atoms with Gasteiger partial charge in [0.15, 0.2) is 0 Å². The van der Waals surface area contributed by atoms with Crippen LogP contribution < -0.4 is 11.1 Å². The molecule has 0 bridgehead atoms. The lowest BCUT2D eigenvalue weighted by Gasteiger charge is -2.10. The summed E-state index contributed by atoms with van der Waals surface area (Å²) in [5, 5.41) is 2.45. The molecule has 0 spiro atoms. The average Bonchev–Trinajstić information content (AvgIpc) is 2.91. The van der Waals surface area contributed by atoms with Gasteiger partial charge in [-0.3, -0.25) is 4.79 Å². The molecule has 0 saturated carbocycles. The van der Waals surface area contributed by atoms with Gasteiger partial charge in [-0.25, -0.2) is 4.98 Å². The minimum absolute atomic E-state index is 0.0761. The van der Waals surface area contributed by atoms with E-state index in [4.69, 9.17) is 5.73 Å². The minimum Gasteiger partial charge on any atom is -0.397 e. The monoisotopic (exact) mass is 334 g/mol. The van der Waals surface area contributed by atoms with Crippen LogP contribution in [0.5, 0.6) is 0 Å². The maximum atomic E-state index is 12.7. The van der Waals surface area contributed by atoms with Crippen molar-refractivity contribution in [3.63, 3.8) is 0 Å².